The average molecular weight is 269 g/mol. The van der Waals surface area contributed by atoms with Gasteiger partial charge in [-0.1, -0.05) is 45.5 Å². The Labute approximate surface area is 113 Å². The summed E-state index contributed by atoms with van der Waals surface area (Å²) in [6.45, 7) is 8.33. The normalized spacial score (nSPS) is 12.7. The molecular weight excluding hydrogens is 246 g/mol. The molecule has 1 aromatic rings. The topological polar surface area (TPSA) is 54.9 Å². The van der Waals surface area contributed by atoms with Crippen LogP contribution in [0.15, 0.2) is 0 Å². The van der Waals surface area contributed by atoms with Crippen LogP contribution in [0.5, 0.6) is 0 Å². The Bertz CT molecular complexity index is 374. The van der Waals surface area contributed by atoms with Crippen molar-refractivity contribution >= 4 is 22.4 Å². The summed E-state index contributed by atoms with van der Waals surface area (Å²) < 4.78 is 0. The Kier molecular flexibility index (Phi) is 6.25. The number of hydrogen-bond donors (Lipinski definition) is 1. The fourth-order valence-corrected chi connectivity index (χ4v) is 2.89. The van der Waals surface area contributed by atoms with Crippen molar-refractivity contribution in [2.75, 3.05) is 5.32 Å². The van der Waals surface area contributed by atoms with Gasteiger partial charge in [-0.3, -0.25) is 4.79 Å². The first-order valence-corrected chi connectivity index (χ1v) is 7.58. The number of carbonyl (C=O) groups excluding carboxylic acids is 1. The lowest BCUT2D eigenvalue weighted by atomic mass is 10.1. The zero-order chi connectivity index (χ0) is 13.5. The average Bonchev–Trinajstić information content (AvgIpc) is 2.79. The van der Waals surface area contributed by atoms with Crippen molar-refractivity contribution in [2.24, 2.45) is 5.92 Å². The number of carbonyl (C=O) groups is 1. The second kappa shape index (κ2) is 7.46. The Balaban J connectivity index is 2.61. The van der Waals surface area contributed by atoms with E-state index in [0.717, 1.165) is 30.7 Å². The van der Waals surface area contributed by atoms with Gasteiger partial charge in [0.05, 0.1) is 0 Å². The number of rotatable bonds is 7. The molecule has 102 valence electrons. The van der Waals surface area contributed by atoms with Gasteiger partial charge in [0.1, 0.15) is 5.01 Å². The maximum atomic E-state index is 11.8. The van der Waals surface area contributed by atoms with Gasteiger partial charge in [-0.2, -0.15) is 0 Å². The molecule has 0 bridgehead atoms. The predicted molar refractivity (Wildman–Crippen MR) is 75.9 cm³/mol. The highest BCUT2D eigenvalue weighted by Gasteiger charge is 2.17. The molecule has 1 N–H and O–H groups in total. The smallest absolute Gasteiger partial charge is 0.229 e. The highest BCUT2D eigenvalue weighted by atomic mass is 32.1. The first-order valence-electron chi connectivity index (χ1n) is 6.76. The Morgan fingerprint density at radius 1 is 1.28 bits per heavy atom. The minimum atomic E-state index is 0.0375. The molecule has 0 aliphatic rings. The summed E-state index contributed by atoms with van der Waals surface area (Å²) in [5.74, 6) is 0.542. The third kappa shape index (κ3) is 4.05. The van der Waals surface area contributed by atoms with E-state index in [1.54, 1.807) is 0 Å². The lowest BCUT2D eigenvalue weighted by molar-refractivity contribution is -0.119. The van der Waals surface area contributed by atoms with E-state index in [2.05, 4.69) is 36.3 Å². The number of aromatic nitrogens is 2. The van der Waals surface area contributed by atoms with Gasteiger partial charge in [0.25, 0.3) is 0 Å². The molecule has 0 aliphatic heterocycles. The van der Waals surface area contributed by atoms with Gasteiger partial charge in [0, 0.05) is 11.8 Å². The Morgan fingerprint density at radius 3 is 2.50 bits per heavy atom. The molecule has 4 nitrogen and oxygen atoms in total. The SMILES string of the molecule is CCCC(C)C(=O)Nc1nnc(C(CC)CC)s1. The van der Waals surface area contributed by atoms with E-state index in [0.29, 0.717) is 11.0 Å². The van der Waals surface area contributed by atoms with Crippen molar-refractivity contribution < 1.29 is 4.79 Å². The summed E-state index contributed by atoms with van der Waals surface area (Å²) >= 11 is 1.50. The van der Waals surface area contributed by atoms with Crippen molar-refractivity contribution in [3.05, 3.63) is 5.01 Å². The maximum Gasteiger partial charge on any atom is 0.229 e. The third-order valence-electron chi connectivity index (χ3n) is 3.17. The van der Waals surface area contributed by atoms with E-state index in [4.69, 9.17) is 0 Å². The zero-order valence-corrected chi connectivity index (χ0v) is 12.5. The molecule has 1 aromatic heterocycles. The summed E-state index contributed by atoms with van der Waals surface area (Å²) in [6, 6.07) is 0. The number of nitrogens with zero attached hydrogens (tertiary/aromatic N) is 2. The van der Waals surface area contributed by atoms with Crippen molar-refractivity contribution in [1.82, 2.24) is 10.2 Å². The van der Waals surface area contributed by atoms with Crippen molar-refractivity contribution in [2.45, 2.75) is 59.3 Å². The quantitative estimate of drug-likeness (QED) is 0.818. The Morgan fingerprint density at radius 2 is 1.94 bits per heavy atom. The molecule has 1 unspecified atom stereocenters. The summed E-state index contributed by atoms with van der Waals surface area (Å²) in [6.07, 6.45) is 4.05. The van der Waals surface area contributed by atoms with Crippen LogP contribution in [0.1, 0.15) is 64.3 Å². The molecule has 1 atom stereocenters. The molecule has 1 amide bonds. The van der Waals surface area contributed by atoms with Gasteiger partial charge in [-0.05, 0) is 19.3 Å². The van der Waals surface area contributed by atoms with E-state index in [-0.39, 0.29) is 11.8 Å². The molecule has 18 heavy (non-hydrogen) atoms. The molecule has 1 heterocycles. The minimum absolute atomic E-state index is 0.0375. The standard InChI is InChI=1S/C13H23N3OS/c1-5-8-9(4)11(17)14-13-16-15-12(18-13)10(6-2)7-3/h9-10H,5-8H2,1-4H3,(H,14,16,17). The molecule has 0 saturated carbocycles. The van der Waals surface area contributed by atoms with Crippen LogP contribution in [0, 0.1) is 5.92 Å². The van der Waals surface area contributed by atoms with Crippen molar-refractivity contribution in [1.29, 1.82) is 0 Å². The van der Waals surface area contributed by atoms with Crippen LogP contribution in [0.3, 0.4) is 0 Å². The fourth-order valence-electron chi connectivity index (χ4n) is 1.88. The summed E-state index contributed by atoms with van der Waals surface area (Å²) in [5.41, 5.74) is 0. The van der Waals surface area contributed by atoms with E-state index in [9.17, 15) is 4.79 Å². The highest BCUT2D eigenvalue weighted by molar-refractivity contribution is 7.15. The molecule has 0 aliphatic carbocycles. The van der Waals surface area contributed by atoms with Crippen molar-refractivity contribution in [3.63, 3.8) is 0 Å². The number of hydrogen-bond acceptors (Lipinski definition) is 4. The van der Waals surface area contributed by atoms with Crippen LogP contribution in [0.25, 0.3) is 0 Å². The van der Waals surface area contributed by atoms with E-state index < -0.39 is 0 Å². The molecule has 5 heteroatoms. The minimum Gasteiger partial charge on any atom is -0.300 e. The third-order valence-corrected chi connectivity index (χ3v) is 4.18. The van der Waals surface area contributed by atoms with Gasteiger partial charge in [-0.15, -0.1) is 10.2 Å². The molecule has 0 saturated heterocycles. The lowest BCUT2D eigenvalue weighted by Gasteiger charge is -2.08. The first kappa shape index (κ1) is 15.1. The molecule has 0 radical (unpaired) electrons. The highest BCUT2D eigenvalue weighted by Crippen LogP contribution is 2.28. The number of nitrogens with one attached hydrogen (secondary N) is 1. The zero-order valence-electron chi connectivity index (χ0n) is 11.7. The molecule has 1 rings (SSSR count). The monoisotopic (exact) mass is 269 g/mol. The van der Waals surface area contributed by atoms with Crippen LogP contribution < -0.4 is 5.32 Å². The molecule has 0 aromatic carbocycles. The number of anilines is 1. The van der Waals surface area contributed by atoms with Crippen LogP contribution >= 0.6 is 11.3 Å². The van der Waals surface area contributed by atoms with Crippen LogP contribution in [0.2, 0.25) is 0 Å². The van der Waals surface area contributed by atoms with E-state index in [1.165, 1.54) is 11.3 Å². The van der Waals surface area contributed by atoms with Crippen LogP contribution in [0.4, 0.5) is 5.13 Å². The van der Waals surface area contributed by atoms with Gasteiger partial charge in [-0.25, -0.2) is 0 Å². The van der Waals surface area contributed by atoms with E-state index >= 15 is 0 Å². The van der Waals surface area contributed by atoms with Crippen LogP contribution in [-0.4, -0.2) is 16.1 Å². The largest absolute Gasteiger partial charge is 0.300 e. The Hall–Kier alpha value is -0.970. The number of amides is 1. The second-order valence-electron chi connectivity index (χ2n) is 4.64. The summed E-state index contributed by atoms with van der Waals surface area (Å²) in [5, 5.41) is 12.7. The van der Waals surface area contributed by atoms with E-state index in [1.807, 2.05) is 6.92 Å². The molecule has 0 spiro atoms. The summed E-state index contributed by atoms with van der Waals surface area (Å²) in [4.78, 5) is 11.8. The molecule has 0 fully saturated rings. The molecular formula is C13H23N3OS. The predicted octanol–water partition coefficient (Wildman–Crippen LogP) is 3.82. The maximum absolute atomic E-state index is 11.8. The summed E-state index contributed by atoms with van der Waals surface area (Å²) in [7, 11) is 0. The fraction of sp³-hybridized carbons (Fsp3) is 0.769. The van der Waals surface area contributed by atoms with Gasteiger partial charge in [0.15, 0.2) is 0 Å². The van der Waals surface area contributed by atoms with Crippen LogP contribution in [-0.2, 0) is 4.79 Å². The van der Waals surface area contributed by atoms with Gasteiger partial charge in [0.2, 0.25) is 11.0 Å². The lowest BCUT2D eigenvalue weighted by Crippen LogP contribution is -2.20. The van der Waals surface area contributed by atoms with Crippen molar-refractivity contribution in [3.8, 4) is 0 Å². The first-order chi connectivity index (χ1) is 8.62. The second-order valence-corrected chi connectivity index (χ2v) is 5.65. The van der Waals surface area contributed by atoms with Gasteiger partial charge >= 0.3 is 0 Å². The van der Waals surface area contributed by atoms with Gasteiger partial charge < -0.3 is 5.32 Å².